The first-order valence-corrected chi connectivity index (χ1v) is 6.77. The lowest BCUT2D eigenvalue weighted by atomic mass is 9.89. The minimum atomic E-state index is -0.974. The second-order valence-electron chi connectivity index (χ2n) is 5.18. The second kappa shape index (κ2) is 6.11. The first-order chi connectivity index (χ1) is 9.95. The molecule has 1 heterocycles. The molecule has 1 aliphatic heterocycles. The van der Waals surface area contributed by atoms with Gasteiger partial charge in [0.1, 0.15) is 0 Å². The van der Waals surface area contributed by atoms with Crippen LogP contribution >= 0.6 is 0 Å². The number of rotatable bonds is 3. The third-order valence-electron chi connectivity index (χ3n) is 3.93. The summed E-state index contributed by atoms with van der Waals surface area (Å²) >= 11 is 0. The van der Waals surface area contributed by atoms with Crippen LogP contribution in [0.3, 0.4) is 0 Å². The van der Waals surface area contributed by atoms with E-state index < -0.39 is 23.7 Å². The van der Waals surface area contributed by atoms with Crippen molar-refractivity contribution in [1.29, 1.82) is 0 Å². The zero-order valence-electron chi connectivity index (χ0n) is 12.0. The number of methoxy groups -OCH3 is 1. The summed E-state index contributed by atoms with van der Waals surface area (Å²) in [5.41, 5.74) is 0.471. The molecule has 2 atom stereocenters. The van der Waals surface area contributed by atoms with Crippen LogP contribution in [0.15, 0.2) is 18.2 Å². The van der Waals surface area contributed by atoms with Crippen molar-refractivity contribution in [3.8, 4) is 5.75 Å². The highest BCUT2D eigenvalue weighted by atomic mass is 19.1. The first-order valence-electron chi connectivity index (χ1n) is 6.77. The number of carboxylic acid groups (broad SMARTS) is 1. The van der Waals surface area contributed by atoms with Crippen LogP contribution in [0.2, 0.25) is 0 Å². The number of carbonyl (C=O) groups excluding carboxylic acids is 1. The molecule has 1 aromatic rings. The van der Waals surface area contributed by atoms with E-state index in [1.807, 2.05) is 0 Å². The topological polar surface area (TPSA) is 66.8 Å². The lowest BCUT2D eigenvalue weighted by Gasteiger charge is -2.30. The van der Waals surface area contributed by atoms with E-state index in [0.717, 1.165) is 0 Å². The number of carbonyl (C=O) groups is 2. The molecule has 2 rings (SSSR count). The van der Waals surface area contributed by atoms with Crippen molar-refractivity contribution < 1.29 is 23.8 Å². The summed E-state index contributed by atoms with van der Waals surface area (Å²) in [6.45, 7) is 0. The minimum Gasteiger partial charge on any atom is -0.494 e. The average molecular weight is 295 g/mol. The van der Waals surface area contributed by atoms with Gasteiger partial charge < -0.3 is 14.7 Å². The number of halogens is 1. The van der Waals surface area contributed by atoms with E-state index in [4.69, 9.17) is 4.74 Å². The molecule has 114 valence electrons. The summed E-state index contributed by atoms with van der Waals surface area (Å²) in [5.74, 6) is -2.32. The van der Waals surface area contributed by atoms with Gasteiger partial charge in [0, 0.05) is 13.5 Å². The quantitative estimate of drug-likeness (QED) is 0.928. The van der Waals surface area contributed by atoms with E-state index in [2.05, 4.69) is 0 Å². The number of benzene rings is 1. The van der Waals surface area contributed by atoms with Crippen LogP contribution in [-0.2, 0) is 9.59 Å². The Balaban J connectivity index is 2.45. The Morgan fingerprint density at radius 3 is 2.76 bits per heavy atom. The van der Waals surface area contributed by atoms with Crippen molar-refractivity contribution in [2.24, 2.45) is 5.92 Å². The molecule has 0 radical (unpaired) electrons. The van der Waals surface area contributed by atoms with Crippen molar-refractivity contribution in [2.75, 3.05) is 14.2 Å². The van der Waals surface area contributed by atoms with Gasteiger partial charge in [-0.05, 0) is 30.5 Å². The number of nitrogens with zero attached hydrogens (tertiary/aromatic N) is 1. The van der Waals surface area contributed by atoms with Crippen molar-refractivity contribution in [2.45, 2.75) is 25.3 Å². The zero-order valence-corrected chi connectivity index (χ0v) is 12.0. The largest absolute Gasteiger partial charge is 0.494 e. The van der Waals surface area contributed by atoms with Gasteiger partial charge in [0.2, 0.25) is 5.91 Å². The molecule has 0 saturated carbocycles. The van der Waals surface area contributed by atoms with Gasteiger partial charge in [0.15, 0.2) is 11.6 Å². The number of hydrogen-bond donors (Lipinski definition) is 1. The molecule has 1 aliphatic rings. The lowest BCUT2D eigenvalue weighted by Crippen LogP contribution is -2.36. The third kappa shape index (κ3) is 2.99. The zero-order chi connectivity index (χ0) is 15.6. The van der Waals surface area contributed by atoms with E-state index in [-0.39, 0.29) is 11.7 Å². The van der Waals surface area contributed by atoms with E-state index in [1.54, 1.807) is 13.1 Å². The van der Waals surface area contributed by atoms with Gasteiger partial charge in [-0.15, -0.1) is 0 Å². The van der Waals surface area contributed by atoms with Crippen molar-refractivity contribution in [3.05, 3.63) is 29.6 Å². The maximum atomic E-state index is 13.9. The van der Waals surface area contributed by atoms with E-state index in [1.165, 1.54) is 24.1 Å². The number of carboxylic acids is 1. The van der Waals surface area contributed by atoms with Crippen LogP contribution in [0, 0.1) is 11.7 Å². The molecule has 0 aromatic heterocycles. The highest BCUT2D eigenvalue weighted by Crippen LogP contribution is 2.36. The average Bonchev–Trinajstić information content (AvgIpc) is 2.59. The number of aliphatic carboxylic acids is 1. The monoisotopic (exact) mass is 295 g/mol. The number of ether oxygens (including phenoxy) is 1. The normalized spacial score (nSPS) is 22.8. The maximum absolute atomic E-state index is 13.9. The molecule has 2 unspecified atom stereocenters. The molecule has 5 nitrogen and oxygen atoms in total. The fraction of sp³-hybridized carbons (Fsp3) is 0.467. The Bertz CT molecular complexity index is 561. The summed E-state index contributed by atoms with van der Waals surface area (Å²) in [7, 11) is 2.93. The summed E-state index contributed by atoms with van der Waals surface area (Å²) in [5, 5.41) is 9.41. The number of amides is 1. The highest BCUT2D eigenvalue weighted by Gasteiger charge is 2.37. The molecule has 6 heteroatoms. The van der Waals surface area contributed by atoms with Gasteiger partial charge in [-0.1, -0.05) is 6.07 Å². The molecule has 1 saturated heterocycles. The van der Waals surface area contributed by atoms with E-state index in [9.17, 15) is 19.1 Å². The first kappa shape index (κ1) is 15.3. The van der Waals surface area contributed by atoms with Crippen molar-refractivity contribution in [1.82, 2.24) is 4.90 Å². The number of hydrogen-bond acceptors (Lipinski definition) is 3. The maximum Gasteiger partial charge on any atom is 0.308 e. The molecule has 21 heavy (non-hydrogen) atoms. The van der Waals surface area contributed by atoms with Crippen molar-refractivity contribution >= 4 is 11.9 Å². The summed E-state index contributed by atoms with van der Waals surface area (Å²) in [4.78, 5) is 24.9. The van der Waals surface area contributed by atoms with Crippen molar-refractivity contribution in [3.63, 3.8) is 0 Å². The standard InChI is InChI=1S/C15H18FNO4/c1-17-13(18)5-3-4-10(15(19)20)14(17)9-6-7-12(21-2)11(16)8-9/h6-8,10,14H,3-5H2,1-2H3,(H,19,20). The van der Waals surface area contributed by atoms with E-state index in [0.29, 0.717) is 24.8 Å². The van der Waals surface area contributed by atoms with Crippen LogP contribution in [-0.4, -0.2) is 36.0 Å². The Kier molecular flexibility index (Phi) is 4.45. The van der Waals surface area contributed by atoms with Gasteiger partial charge in [0.25, 0.3) is 0 Å². The van der Waals surface area contributed by atoms with Gasteiger partial charge in [-0.2, -0.15) is 0 Å². The molecule has 1 N–H and O–H groups in total. The fourth-order valence-corrected chi connectivity index (χ4v) is 2.81. The number of likely N-dealkylation sites (tertiary alicyclic amines) is 1. The molecular formula is C15H18FNO4. The predicted octanol–water partition coefficient (Wildman–Crippen LogP) is 2.22. The van der Waals surface area contributed by atoms with Gasteiger partial charge >= 0.3 is 5.97 Å². The molecular weight excluding hydrogens is 277 g/mol. The van der Waals surface area contributed by atoms with Crippen LogP contribution in [0.25, 0.3) is 0 Å². The minimum absolute atomic E-state index is 0.0910. The SMILES string of the molecule is COc1ccc(C2C(C(=O)O)CCCC(=O)N2C)cc1F. The van der Waals surface area contributed by atoms with Crippen LogP contribution in [0.5, 0.6) is 5.75 Å². The predicted molar refractivity (Wildman–Crippen MR) is 73.4 cm³/mol. The third-order valence-corrected chi connectivity index (χ3v) is 3.93. The molecule has 1 fully saturated rings. The van der Waals surface area contributed by atoms with Gasteiger partial charge in [-0.25, -0.2) is 4.39 Å². The Morgan fingerprint density at radius 1 is 1.48 bits per heavy atom. The fourth-order valence-electron chi connectivity index (χ4n) is 2.81. The Hall–Kier alpha value is -2.11. The van der Waals surface area contributed by atoms with Crippen LogP contribution < -0.4 is 4.74 Å². The molecule has 0 spiro atoms. The van der Waals surface area contributed by atoms with Crippen LogP contribution in [0.4, 0.5) is 4.39 Å². The Labute approximate surface area is 122 Å². The summed E-state index contributed by atoms with van der Waals surface area (Å²) in [6, 6.07) is 3.64. The molecule has 1 amide bonds. The van der Waals surface area contributed by atoms with Gasteiger partial charge in [0.05, 0.1) is 19.1 Å². The summed E-state index contributed by atoms with van der Waals surface area (Å²) < 4.78 is 18.7. The van der Waals surface area contributed by atoms with Crippen LogP contribution in [0.1, 0.15) is 30.9 Å². The highest BCUT2D eigenvalue weighted by molar-refractivity contribution is 5.79. The smallest absolute Gasteiger partial charge is 0.308 e. The Morgan fingerprint density at radius 2 is 2.19 bits per heavy atom. The summed E-state index contributed by atoms with van der Waals surface area (Å²) in [6.07, 6.45) is 1.23. The van der Waals surface area contributed by atoms with Gasteiger partial charge in [-0.3, -0.25) is 9.59 Å². The van der Waals surface area contributed by atoms with E-state index >= 15 is 0 Å². The molecule has 1 aromatic carbocycles. The second-order valence-corrected chi connectivity index (χ2v) is 5.18. The lowest BCUT2D eigenvalue weighted by molar-refractivity contribution is -0.145. The molecule has 0 bridgehead atoms. The molecule has 0 aliphatic carbocycles.